The number of carbonyl (C=O) groups excluding carboxylic acids is 2. The predicted molar refractivity (Wildman–Crippen MR) is 113 cm³/mol. The molecule has 6 nitrogen and oxygen atoms in total. The maximum Gasteiger partial charge on any atom is 0.323 e. The van der Waals surface area contributed by atoms with Crippen LogP contribution in [0.2, 0.25) is 0 Å². The molecule has 138 valence electrons. The maximum atomic E-state index is 12.4. The van der Waals surface area contributed by atoms with Gasteiger partial charge in [0.1, 0.15) is 0 Å². The predicted octanol–water partition coefficient (Wildman–Crippen LogP) is 5.19. The molecule has 0 spiro atoms. The minimum atomic E-state index is -0.333. The van der Waals surface area contributed by atoms with Crippen molar-refractivity contribution in [3.05, 3.63) is 83.9 Å². The van der Waals surface area contributed by atoms with Crippen LogP contribution in [0.1, 0.15) is 10.4 Å². The summed E-state index contributed by atoms with van der Waals surface area (Å²) >= 11 is 1.50. The van der Waals surface area contributed by atoms with E-state index in [4.69, 9.17) is 0 Å². The molecule has 0 fully saturated rings. The molecule has 28 heavy (non-hydrogen) atoms. The van der Waals surface area contributed by atoms with Crippen molar-refractivity contribution in [1.29, 1.82) is 0 Å². The van der Waals surface area contributed by atoms with Crippen molar-refractivity contribution in [2.75, 3.05) is 16.0 Å². The summed E-state index contributed by atoms with van der Waals surface area (Å²) in [6, 6.07) is 21.2. The molecule has 3 N–H and O–H groups in total. The van der Waals surface area contributed by atoms with Crippen LogP contribution in [0.4, 0.5) is 21.9 Å². The normalized spacial score (nSPS) is 10.4. The second kappa shape index (κ2) is 7.89. The zero-order chi connectivity index (χ0) is 19.3. The fraction of sp³-hybridized carbons (Fsp3) is 0. The molecule has 4 rings (SSSR count). The minimum Gasteiger partial charge on any atom is -0.322 e. The summed E-state index contributed by atoms with van der Waals surface area (Å²) in [7, 11) is 0. The number of carbonyl (C=O) groups is 2. The first-order valence-electron chi connectivity index (χ1n) is 8.55. The van der Waals surface area contributed by atoms with Gasteiger partial charge >= 0.3 is 6.03 Å². The molecule has 0 saturated carbocycles. The smallest absolute Gasteiger partial charge is 0.322 e. The Hall–Kier alpha value is -3.71. The second-order valence-electron chi connectivity index (χ2n) is 6.01. The molecule has 1 aromatic heterocycles. The number of urea groups is 1. The van der Waals surface area contributed by atoms with Gasteiger partial charge in [-0.15, -0.1) is 11.3 Å². The van der Waals surface area contributed by atoms with Gasteiger partial charge in [-0.25, -0.2) is 9.78 Å². The SMILES string of the molecule is O=C(Nc1ccccc1)Nc1ccc(NC(=O)c2ccc3ncsc3c2)cc1. The van der Waals surface area contributed by atoms with Crippen LogP contribution in [0.25, 0.3) is 10.2 Å². The Morgan fingerprint density at radius 3 is 2.11 bits per heavy atom. The van der Waals surface area contributed by atoms with Crippen LogP contribution in [-0.4, -0.2) is 16.9 Å². The van der Waals surface area contributed by atoms with Gasteiger partial charge in [0.25, 0.3) is 5.91 Å². The topological polar surface area (TPSA) is 83.1 Å². The van der Waals surface area contributed by atoms with E-state index in [1.165, 1.54) is 11.3 Å². The molecule has 0 bridgehead atoms. The standard InChI is InChI=1S/C21H16N4O2S/c26-20(14-6-11-18-19(12-14)28-13-22-18)23-16-7-9-17(10-8-16)25-21(27)24-15-4-2-1-3-5-15/h1-13H,(H,23,26)(H2,24,25,27). The molecule has 7 heteroatoms. The maximum absolute atomic E-state index is 12.4. The van der Waals surface area contributed by atoms with Crippen LogP contribution in [0.5, 0.6) is 0 Å². The number of para-hydroxylation sites is 1. The third kappa shape index (κ3) is 4.16. The molecule has 0 aliphatic rings. The van der Waals surface area contributed by atoms with Crippen LogP contribution < -0.4 is 16.0 Å². The van der Waals surface area contributed by atoms with E-state index >= 15 is 0 Å². The van der Waals surface area contributed by atoms with Crippen molar-refractivity contribution < 1.29 is 9.59 Å². The molecule has 0 aliphatic heterocycles. The lowest BCUT2D eigenvalue weighted by Gasteiger charge is -2.09. The number of fused-ring (bicyclic) bond motifs is 1. The lowest BCUT2D eigenvalue weighted by molar-refractivity contribution is 0.102. The van der Waals surface area contributed by atoms with E-state index in [-0.39, 0.29) is 11.9 Å². The number of aromatic nitrogens is 1. The summed E-state index contributed by atoms with van der Waals surface area (Å²) in [6.07, 6.45) is 0. The largest absolute Gasteiger partial charge is 0.323 e. The van der Waals surface area contributed by atoms with Crippen molar-refractivity contribution in [3.63, 3.8) is 0 Å². The Morgan fingerprint density at radius 1 is 0.750 bits per heavy atom. The Kier molecular flexibility index (Phi) is 4.99. The van der Waals surface area contributed by atoms with E-state index < -0.39 is 0 Å². The zero-order valence-electron chi connectivity index (χ0n) is 14.7. The van der Waals surface area contributed by atoms with Crippen molar-refractivity contribution in [3.8, 4) is 0 Å². The highest BCUT2D eigenvalue weighted by Gasteiger charge is 2.08. The number of nitrogens with one attached hydrogen (secondary N) is 3. The van der Waals surface area contributed by atoms with E-state index in [0.29, 0.717) is 22.6 Å². The molecule has 0 unspecified atom stereocenters. The summed E-state index contributed by atoms with van der Waals surface area (Å²) in [5.74, 6) is -0.196. The van der Waals surface area contributed by atoms with Crippen molar-refractivity contribution in [2.24, 2.45) is 0 Å². The van der Waals surface area contributed by atoms with Gasteiger partial charge in [-0.3, -0.25) is 4.79 Å². The Morgan fingerprint density at radius 2 is 1.39 bits per heavy atom. The molecule has 0 atom stereocenters. The van der Waals surface area contributed by atoms with Gasteiger partial charge in [0.05, 0.1) is 15.7 Å². The number of thiazole rings is 1. The average Bonchev–Trinajstić information content (AvgIpc) is 3.18. The van der Waals surface area contributed by atoms with E-state index in [0.717, 1.165) is 10.2 Å². The first-order chi connectivity index (χ1) is 13.7. The third-order valence-electron chi connectivity index (χ3n) is 4.03. The van der Waals surface area contributed by atoms with Crippen LogP contribution in [-0.2, 0) is 0 Å². The van der Waals surface area contributed by atoms with Gasteiger partial charge in [-0.05, 0) is 54.6 Å². The Balaban J connectivity index is 1.37. The fourth-order valence-electron chi connectivity index (χ4n) is 2.65. The highest BCUT2D eigenvalue weighted by Crippen LogP contribution is 2.20. The molecule has 3 amide bonds. The number of hydrogen-bond donors (Lipinski definition) is 3. The lowest BCUT2D eigenvalue weighted by atomic mass is 10.2. The molecule has 0 saturated heterocycles. The van der Waals surface area contributed by atoms with Gasteiger partial charge in [-0.2, -0.15) is 0 Å². The number of hydrogen-bond acceptors (Lipinski definition) is 4. The van der Waals surface area contributed by atoms with Crippen LogP contribution in [0.3, 0.4) is 0 Å². The van der Waals surface area contributed by atoms with Gasteiger partial charge in [0, 0.05) is 22.6 Å². The average molecular weight is 388 g/mol. The zero-order valence-corrected chi connectivity index (χ0v) is 15.5. The quantitative estimate of drug-likeness (QED) is 0.450. The summed E-state index contributed by atoms with van der Waals surface area (Å²) < 4.78 is 0.969. The fourth-order valence-corrected chi connectivity index (χ4v) is 3.37. The van der Waals surface area contributed by atoms with E-state index in [2.05, 4.69) is 20.9 Å². The summed E-state index contributed by atoms with van der Waals surface area (Å²) in [5.41, 5.74) is 5.18. The summed E-state index contributed by atoms with van der Waals surface area (Å²) in [6.45, 7) is 0. The molecule has 4 aromatic rings. The van der Waals surface area contributed by atoms with E-state index in [1.54, 1.807) is 35.8 Å². The molecule has 0 aliphatic carbocycles. The number of anilines is 3. The van der Waals surface area contributed by atoms with Crippen molar-refractivity contribution in [1.82, 2.24) is 4.98 Å². The number of benzene rings is 3. The van der Waals surface area contributed by atoms with Crippen molar-refractivity contribution in [2.45, 2.75) is 0 Å². The number of amides is 3. The summed E-state index contributed by atoms with van der Waals surface area (Å²) in [4.78, 5) is 28.7. The molecule has 1 heterocycles. The van der Waals surface area contributed by atoms with E-state index in [1.807, 2.05) is 42.5 Å². The van der Waals surface area contributed by atoms with Gasteiger partial charge < -0.3 is 16.0 Å². The van der Waals surface area contributed by atoms with Gasteiger partial charge in [0.2, 0.25) is 0 Å². The molecule has 0 radical (unpaired) electrons. The first-order valence-corrected chi connectivity index (χ1v) is 9.43. The highest BCUT2D eigenvalue weighted by molar-refractivity contribution is 7.16. The van der Waals surface area contributed by atoms with Crippen LogP contribution >= 0.6 is 11.3 Å². The molecular weight excluding hydrogens is 372 g/mol. The van der Waals surface area contributed by atoms with Gasteiger partial charge in [-0.1, -0.05) is 18.2 Å². The highest BCUT2D eigenvalue weighted by atomic mass is 32.1. The van der Waals surface area contributed by atoms with Crippen LogP contribution in [0.15, 0.2) is 78.3 Å². The monoisotopic (exact) mass is 388 g/mol. The lowest BCUT2D eigenvalue weighted by Crippen LogP contribution is -2.19. The third-order valence-corrected chi connectivity index (χ3v) is 4.82. The number of rotatable bonds is 4. The van der Waals surface area contributed by atoms with Crippen LogP contribution in [0, 0.1) is 0 Å². The Labute approximate surface area is 165 Å². The summed E-state index contributed by atoms with van der Waals surface area (Å²) in [5, 5.41) is 8.35. The first kappa shape index (κ1) is 17.7. The van der Waals surface area contributed by atoms with E-state index in [9.17, 15) is 9.59 Å². The number of nitrogens with zero attached hydrogens (tertiary/aromatic N) is 1. The minimum absolute atomic E-state index is 0.196. The van der Waals surface area contributed by atoms with Gasteiger partial charge in [0.15, 0.2) is 0 Å². The molecular formula is C21H16N4O2S. The molecule has 3 aromatic carbocycles. The second-order valence-corrected chi connectivity index (χ2v) is 6.90. The van der Waals surface area contributed by atoms with Crippen molar-refractivity contribution >= 4 is 50.6 Å². The Bertz CT molecular complexity index is 1120.